The van der Waals surface area contributed by atoms with Crippen LogP contribution in [0.3, 0.4) is 0 Å². The van der Waals surface area contributed by atoms with E-state index in [0.29, 0.717) is 23.8 Å². The van der Waals surface area contributed by atoms with E-state index in [2.05, 4.69) is 24.1 Å². The molecule has 0 aliphatic carbocycles. The number of fused-ring (bicyclic) bond motifs is 1. The van der Waals surface area contributed by atoms with E-state index in [9.17, 15) is 4.79 Å². The summed E-state index contributed by atoms with van der Waals surface area (Å²) in [4.78, 5) is 14.4. The molecule has 3 unspecified atom stereocenters. The minimum absolute atomic E-state index is 0.397. The maximum absolute atomic E-state index is 12.2. The normalized spacial score (nSPS) is 30.8. The highest BCUT2D eigenvalue weighted by Crippen LogP contribution is 2.32. The lowest BCUT2D eigenvalue weighted by molar-refractivity contribution is -0.132. The van der Waals surface area contributed by atoms with Crippen LogP contribution in [0.2, 0.25) is 0 Å². The third kappa shape index (κ3) is 3.05. The molecule has 2 rings (SSSR count). The summed E-state index contributed by atoms with van der Waals surface area (Å²) < 4.78 is 0. The van der Waals surface area contributed by atoms with Crippen molar-refractivity contribution in [2.24, 2.45) is 11.8 Å². The highest BCUT2D eigenvalue weighted by atomic mass is 16.2. The van der Waals surface area contributed by atoms with Crippen LogP contribution < -0.4 is 5.32 Å². The fourth-order valence-corrected chi connectivity index (χ4v) is 3.52. The molecule has 0 aromatic rings. The highest BCUT2D eigenvalue weighted by molar-refractivity contribution is 5.76. The standard InChI is InChI=1S/C15H28N2O/c1-3-4-5-6-7-8-15(18)17-11-13-9-16-10-14(13)12(17)2/h12-14,16H,3-11H2,1-2H3. The zero-order valence-corrected chi connectivity index (χ0v) is 12.0. The molecule has 0 radical (unpaired) electrons. The van der Waals surface area contributed by atoms with E-state index in [1.807, 2.05) is 0 Å². The molecule has 2 saturated heterocycles. The van der Waals surface area contributed by atoms with Crippen LogP contribution in [0.5, 0.6) is 0 Å². The van der Waals surface area contributed by atoms with Crippen molar-refractivity contribution in [1.82, 2.24) is 10.2 Å². The lowest BCUT2D eigenvalue weighted by Gasteiger charge is -2.24. The zero-order valence-electron chi connectivity index (χ0n) is 12.0. The number of carbonyl (C=O) groups is 1. The van der Waals surface area contributed by atoms with Crippen LogP contribution in [-0.4, -0.2) is 36.5 Å². The Kier molecular flexibility index (Phi) is 5.04. The van der Waals surface area contributed by atoms with Gasteiger partial charge < -0.3 is 10.2 Å². The Balaban J connectivity index is 1.70. The molecule has 3 atom stereocenters. The molecule has 1 amide bonds. The van der Waals surface area contributed by atoms with Crippen molar-refractivity contribution in [3.63, 3.8) is 0 Å². The minimum Gasteiger partial charge on any atom is -0.339 e. The first-order chi connectivity index (χ1) is 8.74. The van der Waals surface area contributed by atoms with Crippen molar-refractivity contribution in [3.05, 3.63) is 0 Å². The van der Waals surface area contributed by atoms with Crippen molar-refractivity contribution in [3.8, 4) is 0 Å². The number of rotatable bonds is 6. The molecule has 2 fully saturated rings. The molecule has 0 aromatic carbocycles. The molecule has 2 aliphatic rings. The van der Waals surface area contributed by atoms with Crippen LogP contribution in [0.25, 0.3) is 0 Å². The lowest BCUT2D eigenvalue weighted by atomic mass is 9.95. The zero-order chi connectivity index (χ0) is 13.0. The molecule has 3 nitrogen and oxygen atoms in total. The molecule has 0 saturated carbocycles. The predicted octanol–water partition coefficient (Wildman–Crippen LogP) is 2.41. The first-order valence-corrected chi connectivity index (χ1v) is 7.74. The molecule has 18 heavy (non-hydrogen) atoms. The number of amides is 1. The van der Waals surface area contributed by atoms with Gasteiger partial charge >= 0.3 is 0 Å². The van der Waals surface area contributed by atoms with E-state index >= 15 is 0 Å². The van der Waals surface area contributed by atoms with Crippen molar-refractivity contribution in [2.75, 3.05) is 19.6 Å². The number of unbranched alkanes of at least 4 members (excludes halogenated alkanes) is 4. The van der Waals surface area contributed by atoms with Gasteiger partial charge in [0.1, 0.15) is 0 Å². The molecule has 0 spiro atoms. The van der Waals surface area contributed by atoms with Crippen molar-refractivity contribution < 1.29 is 4.79 Å². The molecule has 104 valence electrons. The quantitative estimate of drug-likeness (QED) is 0.736. The Hall–Kier alpha value is -0.570. The Morgan fingerprint density at radius 2 is 2.00 bits per heavy atom. The van der Waals surface area contributed by atoms with Crippen LogP contribution in [0, 0.1) is 11.8 Å². The molecule has 0 bridgehead atoms. The maximum atomic E-state index is 12.2. The van der Waals surface area contributed by atoms with Gasteiger partial charge in [0.15, 0.2) is 0 Å². The summed E-state index contributed by atoms with van der Waals surface area (Å²) in [5, 5.41) is 3.44. The second-order valence-electron chi connectivity index (χ2n) is 6.03. The summed E-state index contributed by atoms with van der Waals surface area (Å²) >= 11 is 0. The maximum Gasteiger partial charge on any atom is 0.222 e. The van der Waals surface area contributed by atoms with E-state index in [4.69, 9.17) is 0 Å². The van der Waals surface area contributed by atoms with Crippen molar-refractivity contribution in [2.45, 2.75) is 58.4 Å². The summed E-state index contributed by atoms with van der Waals surface area (Å²) in [7, 11) is 0. The SMILES string of the molecule is CCCCCCCC(=O)N1CC2CNCC2C1C. The highest BCUT2D eigenvalue weighted by Gasteiger charge is 2.43. The molecule has 1 N–H and O–H groups in total. The number of nitrogens with one attached hydrogen (secondary N) is 1. The Labute approximate surface area is 111 Å². The van der Waals surface area contributed by atoms with Gasteiger partial charge in [0, 0.05) is 32.1 Å². The third-order valence-electron chi connectivity index (χ3n) is 4.75. The summed E-state index contributed by atoms with van der Waals surface area (Å²) in [5.41, 5.74) is 0. The van der Waals surface area contributed by atoms with E-state index in [1.165, 1.54) is 25.7 Å². The molecule has 0 aromatic heterocycles. The second kappa shape index (κ2) is 6.55. The van der Waals surface area contributed by atoms with Crippen molar-refractivity contribution in [1.29, 1.82) is 0 Å². The second-order valence-corrected chi connectivity index (χ2v) is 6.03. The monoisotopic (exact) mass is 252 g/mol. The van der Waals surface area contributed by atoms with Crippen LogP contribution in [0.1, 0.15) is 52.4 Å². The minimum atomic E-state index is 0.397. The van der Waals surface area contributed by atoms with E-state index in [-0.39, 0.29) is 0 Å². The fraction of sp³-hybridized carbons (Fsp3) is 0.933. The number of carbonyl (C=O) groups excluding carboxylic acids is 1. The van der Waals surface area contributed by atoms with E-state index in [0.717, 1.165) is 32.5 Å². The molecular weight excluding hydrogens is 224 g/mol. The van der Waals surface area contributed by atoms with Gasteiger partial charge in [-0.2, -0.15) is 0 Å². The van der Waals surface area contributed by atoms with Gasteiger partial charge in [-0.05, 0) is 25.2 Å². The number of hydrogen-bond donors (Lipinski definition) is 1. The lowest BCUT2D eigenvalue weighted by Crippen LogP contribution is -2.37. The van der Waals surface area contributed by atoms with Gasteiger partial charge in [0.05, 0.1) is 0 Å². The van der Waals surface area contributed by atoms with Crippen molar-refractivity contribution >= 4 is 5.91 Å². The largest absolute Gasteiger partial charge is 0.339 e. The van der Waals surface area contributed by atoms with Gasteiger partial charge in [0.2, 0.25) is 5.91 Å². The number of nitrogens with zero attached hydrogens (tertiary/aromatic N) is 1. The first-order valence-electron chi connectivity index (χ1n) is 7.74. The van der Waals surface area contributed by atoms with Gasteiger partial charge in [0.25, 0.3) is 0 Å². The van der Waals surface area contributed by atoms with Gasteiger partial charge in [-0.1, -0.05) is 32.6 Å². The number of hydrogen-bond acceptors (Lipinski definition) is 2. The fourth-order valence-electron chi connectivity index (χ4n) is 3.52. The van der Waals surface area contributed by atoms with Gasteiger partial charge in [-0.25, -0.2) is 0 Å². The molecule has 3 heteroatoms. The first kappa shape index (κ1) is 13.9. The average Bonchev–Trinajstić information content (AvgIpc) is 2.92. The summed E-state index contributed by atoms with van der Waals surface area (Å²) in [6.45, 7) is 7.66. The van der Waals surface area contributed by atoms with Crippen LogP contribution in [0.15, 0.2) is 0 Å². The topological polar surface area (TPSA) is 32.3 Å². The summed E-state index contributed by atoms with van der Waals surface area (Å²) in [5.74, 6) is 1.81. The average molecular weight is 252 g/mol. The Morgan fingerprint density at radius 1 is 1.22 bits per heavy atom. The predicted molar refractivity (Wildman–Crippen MR) is 74.4 cm³/mol. The molecule has 2 heterocycles. The Bertz CT molecular complexity index is 280. The smallest absolute Gasteiger partial charge is 0.222 e. The summed E-state index contributed by atoms with van der Waals surface area (Å²) in [6, 6.07) is 0.452. The van der Waals surface area contributed by atoms with Crippen LogP contribution >= 0.6 is 0 Å². The van der Waals surface area contributed by atoms with E-state index in [1.54, 1.807) is 0 Å². The molecular formula is C15H28N2O. The Morgan fingerprint density at radius 3 is 2.72 bits per heavy atom. The molecule has 2 aliphatic heterocycles. The third-order valence-corrected chi connectivity index (χ3v) is 4.75. The number of likely N-dealkylation sites (tertiary alicyclic amines) is 1. The van der Waals surface area contributed by atoms with Gasteiger partial charge in [-0.3, -0.25) is 4.79 Å². The van der Waals surface area contributed by atoms with Gasteiger partial charge in [-0.15, -0.1) is 0 Å². The van der Waals surface area contributed by atoms with Crippen LogP contribution in [0.4, 0.5) is 0 Å². The van der Waals surface area contributed by atoms with Crippen LogP contribution in [-0.2, 0) is 4.79 Å². The summed E-state index contributed by atoms with van der Waals surface area (Å²) in [6.07, 6.45) is 6.93. The van der Waals surface area contributed by atoms with E-state index < -0.39 is 0 Å².